The number of carbonyl (C=O) groups excluding carboxylic acids is 1. The van der Waals surface area contributed by atoms with Crippen molar-refractivity contribution in [1.29, 1.82) is 0 Å². The third-order valence-electron chi connectivity index (χ3n) is 1.51. The molecule has 2 N–H and O–H groups in total. The molecule has 0 fully saturated rings. The molecule has 0 aliphatic rings. The van der Waals surface area contributed by atoms with E-state index in [1.165, 1.54) is 0 Å². The van der Waals surface area contributed by atoms with Crippen LogP contribution in [0.4, 0.5) is 4.79 Å². The first-order valence-corrected chi connectivity index (χ1v) is 6.25. The second kappa shape index (κ2) is 12.6. The van der Waals surface area contributed by atoms with Crippen LogP contribution in [0.25, 0.3) is 0 Å². The number of rotatable bonds is 5. The summed E-state index contributed by atoms with van der Waals surface area (Å²) in [6.07, 6.45) is 2.24. The molecule has 1 amide bonds. The summed E-state index contributed by atoms with van der Waals surface area (Å²) >= 11 is 8.21. The topological polar surface area (TPSA) is 55.6 Å². The first-order valence-electron chi connectivity index (χ1n) is 5.39. The SMILES string of the molecule is CCCN(CCC)C(=S)OCC.NC(=O)S. The predicted molar refractivity (Wildman–Crippen MR) is 74.9 cm³/mol. The Balaban J connectivity index is 0. The van der Waals surface area contributed by atoms with E-state index >= 15 is 0 Å². The fourth-order valence-electron chi connectivity index (χ4n) is 1.05. The number of ether oxygens (including phenoxy) is 1. The van der Waals surface area contributed by atoms with Crippen molar-refractivity contribution < 1.29 is 9.53 Å². The molecule has 0 spiro atoms. The van der Waals surface area contributed by atoms with Crippen LogP contribution in [0.3, 0.4) is 0 Å². The Kier molecular flexibility index (Phi) is 14.1. The lowest BCUT2D eigenvalue weighted by Crippen LogP contribution is -2.32. The fourth-order valence-corrected chi connectivity index (χ4v) is 1.35. The number of nitrogens with zero attached hydrogens (tertiary/aromatic N) is 1. The summed E-state index contributed by atoms with van der Waals surface area (Å²) in [4.78, 5) is 11.2. The van der Waals surface area contributed by atoms with Gasteiger partial charge in [0.25, 0.3) is 10.4 Å². The maximum absolute atomic E-state index is 9.09. The minimum atomic E-state index is -0.639. The van der Waals surface area contributed by atoms with E-state index in [1.807, 2.05) is 6.92 Å². The largest absolute Gasteiger partial charge is 0.471 e. The van der Waals surface area contributed by atoms with E-state index in [4.69, 9.17) is 21.7 Å². The Bertz CT molecular complexity index is 191. The number of primary amides is 1. The summed E-state index contributed by atoms with van der Waals surface area (Å²) in [7, 11) is 0. The van der Waals surface area contributed by atoms with Crippen molar-refractivity contribution in [1.82, 2.24) is 4.90 Å². The zero-order valence-electron chi connectivity index (χ0n) is 10.2. The number of thiocarbonyl (C=S) groups is 1. The van der Waals surface area contributed by atoms with E-state index in [1.54, 1.807) is 0 Å². The first-order chi connectivity index (χ1) is 7.49. The number of hydrogen-bond donors (Lipinski definition) is 2. The van der Waals surface area contributed by atoms with Crippen LogP contribution in [0.15, 0.2) is 0 Å². The van der Waals surface area contributed by atoms with Crippen LogP contribution in [-0.4, -0.2) is 35.0 Å². The van der Waals surface area contributed by atoms with Crippen LogP contribution in [0.2, 0.25) is 0 Å². The highest BCUT2D eigenvalue weighted by Crippen LogP contribution is 1.98. The van der Waals surface area contributed by atoms with Gasteiger partial charge in [0.1, 0.15) is 0 Å². The maximum Gasteiger partial charge on any atom is 0.273 e. The van der Waals surface area contributed by atoms with Gasteiger partial charge in [-0.15, -0.1) is 0 Å². The Labute approximate surface area is 109 Å². The third-order valence-corrected chi connectivity index (χ3v) is 1.89. The molecule has 0 rings (SSSR count). The molecule has 4 nitrogen and oxygen atoms in total. The minimum Gasteiger partial charge on any atom is -0.471 e. The Morgan fingerprint density at radius 2 is 1.69 bits per heavy atom. The summed E-state index contributed by atoms with van der Waals surface area (Å²) in [5, 5.41) is 0.0150. The molecule has 0 bridgehead atoms. The van der Waals surface area contributed by atoms with Gasteiger partial charge >= 0.3 is 0 Å². The molecule has 96 valence electrons. The van der Waals surface area contributed by atoms with Crippen molar-refractivity contribution in [2.75, 3.05) is 19.7 Å². The minimum absolute atomic E-state index is 0.639. The standard InChI is InChI=1S/C9H19NOS.CH3NOS/c1-4-7-10(8-5-2)9(12)11-6-3;2-1(3)4/h4-8H2,1-3H3;(H3,2,3,4). The van der Waals surface area contributed by atoms with Crippen LogP contribution < -0.4 is 5.73 Å². The highest BCUT2D eigenvalue weighted by atomic mass is 32.1. The molecular weight excluding hydrogens is 244 g/mol. The van der Waals surface area contributed by atoms with E-state index in [9.17, 15) is 0 Å². The molecule has 0 aliphatic carbocycles. The molecule has 0 aromatic heterocycles. The Morgan fingerprint density at radius 1 is 1.31 bits per heavy atom. The quantitative estimate of drug-likeness (QED) is 0.593. The number of amides is 1. The van der Waals surface area contributed by atoms with E-state index in [-0.39, 0.29) is 0 Å². The smallest absolute Gasteiger partial charge is 0.273 e. The predicted octanol–water partition coefficient (Wildman–Crippen LogP) is 2.42. The summed E-state index contributed by atoms with van der Waals surface area (Å²) in [6, 6.07) is 0. The molecule has 0 unspecified atom stereocenters. The molecule has 0 aromatic carbocycles. The molecule has 0 aliphatic heterocycles. The van der Waals surface area contributed by atoms with Crippen molar-refractivity contribution in [2.45, 2.75) is 33.6 Å². The zero-order chi connectivity index (χ0) is 13.0. The first kappa shape index (κ1) is 17.9. The van der Waals surface area contributed by atoms with Crippen LogP contribution in [0.1, 0.15) is 33.6 Å². The van der Waals surface area contributed by atoms with Crippen LogP contribution in [-0.2, 0) is 4.74 Å². The molecule has 0 radical (unpaired) electrons. The molecule has 6 heteroatoms. The van der Waals surface area contributed by atoms with Crippen molar-refractivity contribution in [3.63, 3.8) is 0 Å². The van der Waals surface area contributed by atoms with Gasteiger partial charge in [-0.2, -0.15) is 0 Å². The van der Waals surface area contributed by atoms with Crippen molar-refractivity contribution in [3.05, 3.63) is 0 Å². The van der Waals surface area contributed by atoms with Crippen molar-refractivity contribution in [2.24, 2.45) is 5.73 Å². The van der Waals surface area contributed by atoms with Gasteiger partial charge in [0.2, 0.25) is 0 Å². The Hall–Kier alpha value is -0.490. The van der Waals surface area contributed by atoms with E-state index in [2.05, 4.69) is 37.1 Å². The number of thiol groups is 1. The number of hydrogen-bond acceptors (Lipinski definition) is 3. The molecule has 0 saturated carbocycles. The third kappa shape index (κ3) is 13.5. The molecule has 0 saturated heterocycles. The van der Waals surface area contributed by atoms with Crippen molar-refractivity contribution >= 4 is 35.3 Å². The van der Waals surface area contributed by atoms with Gasteiger partial charge in [0.05, 0.1) is 6.61 Å². The van der Waals surface area contributed by atoms with Crippen LogP contribution in [0.5, 0.6) is 0 Å². The van der Waals surface area contributed by atoms with Gasteiger partial charge < -0.3 is 15.4 Å². The van der Waals surface area contributed by atoms with E-state index in [0.717, 1.165) is 25.9 Å². The second-order valence-electron chi connectivity index (χ2n) is 3.02. The molecule has 0 atom stereocenters. The monoisotopic (exact) mass is 266 g/mol. The van der Waals surface area contributed by atoms with Crippen molar-refractivity contribution in [3.8, 4) is 0 Å². The fraction of sp³-hybridized carbons (Fsp3) is 0.800. The van der Waals surface area contributed by atoms with E-state index < -0.39 is 5.24 Å². The average Bonchev–Trinajstić information content (AvgIpc) is 2.17. The second-order valence-corrected chi connectivity index (χ2v) is 3.81. The summed E-state index contributed by atoms with van der Waals surface area (Å²) in [5.74, 6) is 0. The maximum atomic E-state index is 9.09. The van der Waals surface area contributed by atoms with Gasteiger partial charge in [-0.1, -0.05) is 26.5 Å². The molecular formula is C10H22N2O2S2. The zero-order valence-corrected chi connectivity index (χ0v) is 11.9. The average molecular weight is 266 g/mol. The van der Waals surface area contributed by atoms with Gasteiger partial charge in [0.15, 0.2) is 0 Å². The number of carbonyl (C=O) groups is 1. The highest BCUT2D eigenvalue weighted by molar-refractivity contribution is 7.96. The summed E-state index contributed by atoms with van der Waals surface area (Å²) < 4.78 is 5.27. The lowest BCUT2D eigenvalue weighted by atomic mass is 10.4. The lowest BCUT2D eigenvalue weighted by Gasteiger charge is -2.23. The molecule has 0 aromatic rings. The summed E-state index contributed by atoms with van der Waals surface area (Å²) in [6.45, 7) is 8.94. The molecule has 0 heterocycles. The van der Waals surface area contributed by atoms with Gasteiger partial charge in [0, 0.05) is 13.1 Å². The van der Waals surface area contributed by atoms with Crippen LogP contribution in [0, 0.1) is 0 Å². The van der Waals surface area contributed by atoms with Crippen LogP contribution >= 0.6 is 24.8 Å². The lowest BCUT2D eigenvalue weighted by molar-refractivity contribution is 0.254. The molecule has 16 heavy (non-hydrogen) atoms. The van der Waals surface area contributed by atoms with Gasteiger partial charge in [-0.25, -0.2) is 0 Å². The van der Waals surface area contributed by atoms with Gasteiger partial charge in [-0.05, 0) is 32.0 Å². The van der Waals surface area contributed by atoms with E-state index in [0.29, 0.717) is 11.8 Å². The normalized spacial score (nSPS) is 8.75. The highest BCUT2D eigenvalue weighted by Gasteiger charge is 2.06. The Morgan fingerprint density at radius 3 is 1.94 bits per heavy atom. The van der Waals surface area contributed by atoms with Gasteiger partial charge in [-0.3, -0.25) is 4.79 Å². The number of nitrogens with two attached hydrogens (primary N) is 1. The summed E-state index contributed by atoms with van der Waals surface area (Å²) in [5.41, 5.74) is 4.34.